The van der Waals surface area contributed by atoms with Crippen molar-refractivity contribution in [3.63, 3.8) is 0 Å². The van der Waals surface area contributed by atoms with Crippen LogP contribution in [-0.2, 0) is 16.1 Å². The van der Waals surface area contributed by atoms with Crippen molar-refractivity contribution < 1.29 is 14.3 Å². The van der Waals surface area contributed by atoms with Crippen molar-refractivity contribution in [2.24, 2.45) is 11.8 Å². The Morgan fingerprint density at radius 1 is 1.14 bits per heavy atom. The molecule has 29 heavy (non-hydrogen) atoms. The van der Waals surface area contributed by atoms with Crippen LogP contribution in [0.5, 0.6) is 5.75 Å². The molecule has 0 unspecified atom stereocenters. The summed E-state index contributed by atoms with van der Waals surface area (Å²) in [6, 6.07) is 7.93. The zero-order valence-corrected chi connectivity index (χ0v) is 18.7. The normalized spacial score (nSPS) is 14.9. The van der Waals surface area contributed by atoms with Crippen LogP contribution < -0.4 is 4.74 Å². The summed E-state index contributed by atoms with van der Waals surface area (Å²) in [4.78, 5) is 29.2. The van der Waals surface area contributed by atoms with E-state index in [1.165, 1.54) is 0 Å². The lowest BCUT2D eigenvalue weighted by Crippen LogP contribution is -2.43. The Kier molecular flexibility index (Phi) is 9.49. The lowest BCUT2D eigenvalue weighted by atomic mass is 9.95. The molecule has 0 aromatic heterocycles. The topological polar surface area (TPSA) is 49.9 Å². The highest BCUT2D eigenvalue weighted by atomic mass is 16.5. The number of ether oxygens (including phenoxy) is 1. The summed E-state index contributed by atoms with van der Waals surface area (Å²) in [5, 5.41) is 0. The van der Waals surface area contributed by atoms with Crippen molar-refractivity contribution in [2.75, 3.05) is 26.7 Å². The first-order valence-corrected chi connectivity index (χ1v) is 11.1. The van der Waals surface area contributed by atoms with Gasteiger partial charge >= 0.3 is 0 Å². The van der Waals surface area contributed by atoms with Gasteiger partial charge in [-0.15, -0.1) is 0 Å². The quantitative estimate of drug-likeness (QED) is 0.542. The first-order chi connectivity index (χ1) is 13.9. The van der Waals surface area contributed by atoms with E-state index in [2.05, 4.69) is 6.92 Å². The zero-order valence-electron chi connectivity index (χ0n) is 18.7. The minimum atomic E-state index is -0.0199. The van der Waals surface area contributed by atoms with E-state index >= 15 is 0 Å². The van der Waals surface area contributed by atoms with Gasteiger partial charge in [-0.3, -0.25) is 9.59 Å². The third-order valence-corrected chi connectivity index (χ3v) is 5.78. The maximum atomic E-state index is 12.8. The van der Waals surface area contributed by atoms with Gasteiger partial charge in [0, 0.05) is 38.5 Å². The van der Waals surface area contributed by atoms with Gasteiger partial charge in [0.2, 0.25) is 11.8 Å². The second-order valence-corrected chi connectivity index (χ2v) is 8.50. The molecule has 2 rings (SSSR count). The van der Waals surface area contributed by atoms with Crippen LogP contribution in [-0.4, -0.2) is 48.4 Å². The summed E-state index contributed by atoms with van der Waals surface area (Å²) < 4.78 is 5.23. The molecule has 0 radical (unpaired) electrons. The molecule has 5 nitrogen and oxygen atoms in total. The van der Waals surface area contributed by atoms with Gasteiger partial charge in [0.15, 0.2) is 0 Å². The third kappa shape index (κ3) is 7.37. The first kappa shape index (κ1) is 23.2. The van der Waals surface area contributed by atoms with E-state index in [1.807, 2.05) is 47.9 Å². The Morgan fingerprint density at radius 3 is 2.34 bits per heavy atom. The largest absolute Gasteiger partial charge is 0.497 e. The Labute approximate surface area is 176 Å². The Balaban J connectivity index is 1.90. The molecule has 5 heteroatoms. The summed E-state index contributed by atoms with van der Waals surface area (Å²) in [5.74, 6) is 1.75. The van der Waals surface area contributed by atoms with Crippen molar-refractivity contribution in [1.29, 1.82) is 0 Å². The average Bonchev–Trinajstić information content (AvgIpc) is 2.73. The number of unbranched alkanes of at least 4 members (excludes halogenated alkanes) is 2. The van der Waals surface area contributed by atoms with Gasteiger partial charge in [0.25, 0.3) is 0 Å². The number of carbonyl (C=O) groups is 2. The molecule has 1 aromatic carbocycles. The maximum absolute atomic E-state index is 12.8. The van der Waals surface area contributed by atoms with Crippen LogP contribution in [0.2, 0.25) is 0 Å². The van der Waals surface area contributed by atoms with Gasteiger partial charge in [0.05, 0.1) is 7.11 Å². The molecule has 0 atom stereocenters. The molecule has 1 fully saturated rings. The number of methoxy groups -OCH3 is 1. The molecule has 0 spiro atoms. The second-order valence-electron chi connectivity index (χ2n) is 8.50. The number of benzene rings is 1. The van der Waals surface area contributed by atoms with Crippen LogP contribution in [0.3, 0.4) is 0 Å². The highest BCUT2D eigenvalue weighted by molar-refractivity contribution is 5.78. The molecule has 1 heterocycles. The number of piperidine rings is 1. The zero-order chi connectivity index (χ0) is 21.2. The lowest BCUT2D eigenvalue weighted by molar-refractivity contribution is -0.137. The van der Waals surface area contributed by atoms with E-state index in [4.69, 9.17) is 4.74 Å². The Morgan fingerprint density at radius 2 is 1.79 bits per heavy atom. The van der Waals surface area contributed by atoms with E-state index in [0.29, 0.717) is 24.8 Å². The molecule has 0 bridgehead atoms. The molecular weight excluding hydrogens is 364 g/mol. The fraction of sp³-hybridized carbons (Fsp3) is 0.667. The summed E-state index contributed by atoms with van der Waals surface area (Å²) in [7, 11) is 1.66. The van der Waals surface area contributed by atoms with E-state index < -0.39 is 0 Å². The van der Waals surface area contributed by atoms with E-state index in [1.54, 1.807) is 7.11 Å². The highest BCUT2D eigenvalue weighted by Crippen LogP contribution is 2.22. The molecule has 162 valence electrons. The van der Waals surface area contributed by atoms with Crippen molar-refractivity contribution >= 4 is 11.8 Å². The fourth-order valence-electron chi connectivity index (χ4n) is 3.91. The number of hydrogen-bond acceptors (Lipinski definition) is 3. The van der Waals surface area contributed by atoms with Crippen LogP contribution in [0, 0.1) is 11.8 Å². The summed E-state index contributed by atoms with van der Waals surface area (Å²) in [6.07, 6.45) is 5.89. The van der Waals surface area contributed by atoms with E-state index in [0.717, 1.165) is 63.1 Å². The van der Waals surface area contributed by atoms with Crippen LogP contribution >= 0.6 is 0 Å². The monoisotopic (exact) mass is 402 g/mol. The molecule has 0 saturated carbocycles. The molecule has 1 aliphatic rings. The fourth-order valence-corrected chi connectivity index (χ4v) is 3.91. The number of amides is 2. The van der Waals surface area contributed by atoms with Gasteiger partial charge in [-0.1, -0.05) is 45.7 Å². The molecule has 0 aliphatic carbocycles. The molecular formula is C24H38N2O3. The van der Waals surface area contributed by atoms with Gasteiger partial charge in [-0.2, -0.15) is 0 Å². The van der Waals surface area contributed by atoms with Gasteiger partial charge in [0.1, 0.15) is 5.75 Å². The molecule has 1 saturated heterocycles. The summed E-state index contributed by atoms with van der Waals surface area (Å²) >= 11 is 0. The number of likely N-dealkylation sites (tertiary alicyclic amines) is 1. The smallest absolute Gasteiger partial charge is 0.225 e. The van der Waals surface area contributed by atoms with Crippen molar-refractivity contribution in [1.82, 2.24) is 9.80 Å². The average molecular weight is 403 g/mol. The van der Waals surface area contributed by atoms with E-state index in [9.17, 15) is 9.59 Å². The molecule has 1 aromatic rings. The van der Waals surface area contributed by atoms with Crippen LogP contribution in [0.15, 0.2) is 24.3 Å². The van der Waals surface area contributed by atoms with Crippen molar-refractivity contribution in [3.8, 4) is 5.75 Å². The molecule has 1 aliphatic heterocycles. The molecule has 0 N–H and O–H groups in total. The summed E-state index contributed by atoms with van der Waals surface area (Å²) in [5.41, 5.74) is 1.11. The van der Waals surface area contributed by atoms with Crippen LogP contribution in [0.25, 0.3) is 0 Å². The Hall–Kier alpha value is -2.04. The molecule has 2 amide bonds. The number of carbonyl (C=O) groups excluding carboxylic acids is 2. The standard InChI is InChI=1S/C24H38N2O3/c1-5-6-7-8-23(27)25-15-13-21(14-16-25)18-26(24(28)19(2)3)17-20-9-11-22(29-4)12-10-20/h9-12,19,21H,5-8,13-18H2,1-4H3. The SMILES string of the molecule is CCCCCC(=O)N1CCC(CN(Cc2ccc(OC)cc2)C(=O)C(C)C)CC1. The predicted molar refractivity (Wildman–Crippen MR) is 117 cm³/mol. The van der Waals surface area contributed by atoms with Gasteiger partial charge < -0.3 is 14.5 Å². The van der Waals surface area contributed by atoms with Crippen molar-refractivity contribution in [3.05, 3.63) is 29.8 Å². The minimum absolute atomic E-state index is 0.0199. The number of hydrogen-bond donors (Lipinski definition) is 0. The van der Waals surface area contributed by atoms with Gasteiger partial charge in [-0.05, 0) is 42.9 Å². The Bertz CT molecular complexity index is 634. The van der Waals surface area contributed by atoms with E-state index in [-0.39, 0.29) is 11.8 Å². The third-order valence-electron chi connectivity index (χ3n) is 5.78. The first-order valence-electron chi connectivity index (χ1n) is 11.1. The lowest BCUT2D eigenvalue weighted by Gasteiger charge is -2.35. The van der Waals surface area contributed by atoms with Crippen LogP contribution in [0.1, 0.15) is 64.9 Å². The summed E-state index contributed by atoms with van der Waals surface area (Å²) in [6.45, 7) is 9.11. The predicted octanol–water partition coefficient (Wildman–Crippen LogP) is 4.50. The maximum Gasteiger partial charge on any atom is 0.225 e. The number of rotatable bonds is 10. The van der Waals surface area contributed by atoms with Gasteiger partial charge in [-0.25, -0.2) is 0 Å². The van der Waals surface area contributed by atoms with Crippen LogP contribution in [0.4, 0.5) is 0 Å². The number of nitrogens with zero attached hydrogens (tertiary/aromatic N) is 2. The highest BCUT2D eigenvalue weighted by Gasteiger charge is 2.26. The van der Waals surface area contributed by atoms with Crippen molar-refractivity contribution in [2.45, 2.75) is 65.8 Å². The minimum Gasteiger partial charge on any atom is -0.497 e. The second kappa shape index (κ2) is 11.8.